The summed E-state index contributed by atoms with van der Waals surface area (Å²) in [5.41, 5.74) is 3.22. The van der Waals surface area contributed by atoms with Gasteiger partial charge in [0.2, 0.25) is 0 Å². The molecule has 0 unspecified atom stereocenters. The summed E-state index contributed by atoms with van der Waals surface area (Å²) in [6, 6.07) is 6.69. The molecule has 0 saturated heterocycles. The number of aliphatic hydroxyl groups is 1. The van der Waals surface area contributed by atoms with Crippen molar-refractivity contribution in [2.24, 2.45) is 23.2 Å². The van der Waals surface area contributed by atoms with Crippen LogP contribution in [-0.2, 0) is 6.42 Å². The molecule has 3 aliphatic rings. The predicted octanol–water partition coefficient (Wildman–Crippen LogP) is 4.16. The topological polar surface area (TPSA) is 29.5 Å². The molecule has 0 radical (unpaired) electrons. The van der Waals surface area contributed by atoms with Crippen LogP contribution in [0.25, 0.3) is 0 Å². The zero-order valence-electron chi connectivity index (χ0n) is 14.0. The van der Waals surface area contributed by atoms with E-state index in [0.29, 0.717) is 17.8 Å². The Morgan fingerprint density at radius 2 is 2.05 bits per heavy atom. The minimum atomic E-state index is -0.0806. The van der Waals surface area contributed by atoms with Gasteiger partial charge in [0, 0.05) is 0 Å². The first kappa shape index (κ1) is 14.6. The summed E-state index contributed by atoms with van der Waals surface area (Å²) in [4.78, 5) is 0. The van der Waals surface area contributed by atoms with E-state index in [-0.39, 0.29) is 11.5 Å². The molecule has 0 amide bonds. The van der Waals surface area contributed by atoms with Crippen LogP contribution in [0, 0.1) is 23.2 Å². The number of methoxy groups -OCH3 is 1. The fraction of sp³-hybridized carbons (Fsp3) is 0.700. The zero-order valence-corrected chi connectivity index (χ0v) is 14.0. The first-order valence-electron chi connectivity index (χ1n) is 8.89. The number of fused-ring (bicyclic) bond motifs is 5. The van der Waals surface area contributed by atoms with Gasteiger partial charge in [-0.15, -0.1) is 0 Å². The van der Waals surface area contributed by atoms with Gasteiger partial charge in [-0.1, -0.05) is 19.9 Å². The summed E-state index contributed by atoms with van der Waals surface area (Å²) in [5, 5.41) is 10.5. The molecule has 22 heavy (non-hydrogen) atoms. The van der Waals surface area contributed by atoms with Crippen molar-refractivity contribution in [1.29, 1.82) is 0 Å². The predicted molar refractivity (Wildman–Crippen MR) is 88.2 cm³/mol. The molecule has 0 aromatic heterocycles. The molecule has 1 aromatic rings. The van der Waals surface area contributed by atoms with E-state index in [0.717, 1.165) is 24.5 Å². The largest absolute Gasteiger partial charge is 0.497 e. The van der Waals surface area contributed by atoms with E-state index in [9.17, 15) is 5.11 Å². The summed E-state index contributed by atoms with van der Waals surface area (Å²) in [6.07, 6.45) is 5.72. The van der Waals surface area contributed by atoms with E-state index in [1.165, 1.54) is 24.8 Å². The third kappa shape index (κ3) is 1.89. The highest BCUT2D eigenvalue weighted by atomic mass is 16.5. The van der Waals surface area contributed by atoms with Gasteiger partial charge in [-0.2, -0.15) is 0 Å². The normalized spacial score (nSPS) is 43.2. The maximum absolute atomic E-state index is 10.5. The average Bonchev–Trinajstić information content (AvgIpc) is 2.82. The summed E-state index contributed by atoms with van der Waals surface area (Å²) < 4.78 is 5.42. The highest BCUT2D eigenvalue weighted by Crippen LogP contribution is 2.62. The fourth-order valence-corrected chi connectivity index (χ4v) is 6.05. The lowest BCUT2D eigenvalue weighted by Crippen LogP contribution is -2.46. The highest BCUT2D eigenvalue weighted by Gasteiger charge is 2.55. The van der Waals surface area contributed by atoms with Crippen LogP contribution >= 0.6 is 0 Å². The average molecular weight is 300 g/mol. The van der Waals surface area contributed by atoms with E-state index in [4.69, 9.17) is 4.74 Å². The molecule has 0 bridgehead atoms. The molecular weight excluding hydrogens is 272 g/mol. The Hall–Kier alpha value is -1.02. The third-order valence-electron chi connectivity index (χ3n) is 7.23. The van der Waals surface area contributed by atoms with Crippen molar-refractivity contribution in [2.45, 2.75) is 58.0 Å². The monoisotopic (exact) mass is 300 g/mol. The molecule has 0 heterocycles. The molecule has 1 N–H and O–H groups in total. The van der Waals surface area contributed by atoms with E-state index in [1.807, 2.05) is 0 Å². The summed E-state index contributed by atoms with van der Waals surface area (Å²) in [7, 11) is 1.75. The van der Waals surface area contributed by atoms with Gasteiger partial charge in [0.25, 0.3) is 0 Å². The van der Waals surface area contributed by atoms with Crippen LogP contribution in [0.5, 0.6) is 5.75 Å². The number of hydrogen-bond acceptors (Lipinski definition) is 2. The van der Waals surface area contributed by atoms with E-state index < -0.39 is 0 Å². The molecule has 4 rings (SSSR count). The first-order valence-corrected chi connectivity index (χ1v) is 8.89. The van der Waals surface area contributed by atoms with Crippen LogP contribution in [-0.4, -0.2) is 18.3 Å². The van der Waals surface area contributed by atoms with Gasteiger partial charge in [-0.25, -0.2) is 0 Å². The second-order valence-corrected chi connectivity index (χ2v) is 8.17. The molecule has 6 atom stereocenters. The molecule has 2 nitrogen and oxygen atoms in total. The van der Waals surface area contributed by atoms with Crippen molar-refractivity contribution in [1.82, 2.24) is 0 Å². The minimum Gasteiger partial charge on any atom is -0.497 e. The van der Waals surface area contributed by atoms with Gasteiger partial charge in [-0.3, -0.25) is 0 Å². The standard InChI is InChI=1S/C20H28O2/c1-12-10-13-11-14(22-3)4-5-15(13)16-8-9-20(2)17(19(12)16)6-7-18(20)21/h4-5,11-12,16-19,21H,6-10H2,1-3H3/t12-,16-,17-,18-,19-,20+/m1/s1. The Balaban J connectivity index is 1.73. The van der Waals surface area contributed by atoms with Gasteiger partial charge in [0.05, 0.1) is 13.2 Å². The second-order valence-electron chi connectivity index (χ2n) is 8.17. The van der Waals surface area contributed by atoms with Gasteiger partial charge in [-0.05, 0) is 84.5 Å². The Kier molecular flexibility index (Phi) is 3.30. The molecular formula is C20H28O2. The maximum Gasteiger partial charge on any atom is 0.119 e. The lowest BCUT2D eigenvalue weighted by atomic mass is 9.53. The molecule has 2 heteroatoms. The smallest absolute Gasteiger partial charge is 0.119 e. The van der Waals surface area contributed by atoms with Crippen molar-refractivity contribution in [3.63, 3.8) is 0 Å². The summed E-state index contributed by atoms with van der Waals surface area (Å²) in [5.74, 6) is 3.83. The number of rotatable bonds is 1. The molecule has 120 valence electrons. The van der Waals surface area contributed by atoms with Crippen LogP contribution < -0.4 is 4.74 Å². The van der Waals surface area contributed by atoms with E-state index in [1.54, 1.807) is 12.7 Å². The second kappa shape index (κ2) is 4.99. The van der Waals surface area contributed by atoms with Gasteiger partial charge in [0.1, 0.15) is 5.75 Å². The Labute approximate surface area is 133 Å². The Morgan fingerprint density at radius 1 is 1.23 bits per heavy atom. The van der Waals surface area contributed by atoms with Crippen LogP contribution in [0.3, 0.4) is 0 Å². The number of hydrogen-bond donors (Lipinski definition) is 1. The molecule has 0 aliphatic heterocycles. The first-order chi connectivity index (χ1) is 10.5. The van der Waals surface area contributed by atoms with Crippen LogP contribution in [0.4, 0.5) is 0 Å². The van der Waals surface area contributed by atoms with E-state index in [2.05, 4.69) is 32.0 Å². The number of benzene rings is 1. The summed E-state index contributed by atoms with van der Waals surface area (Å²) >= 11 is 0. The SMILES string of the molecule is COc1ccc2c(c1)C[C@@H](C)[C@@H]1[C@@H]2CC[C@]2(C)[C@H](O)CC[C@H]12. The summed E-state index contributed by atoms with van der Waals surface area (Å²) in [6.45, 7) is 4.78. The Bertz CT molecular complexity index is 581. The van der Waals surface area contributed by atoms with Gasteiger partial charge >= 0.3 is 0 Å². The van der Waals surface area contributed by atoms with Gasteiger partial charge in [0.15, 0.2) is 0 Å². The van der Waals surface area contributed by atoms with E-state index >= 15 is 0 Å². The van der Waals surface area contributed by atoms with Crippen molar-refractivity contribution in [2.75, 3.05) is 7.11 Å². The van der Waals surface area contributed by atoms with Gasteiger partial charge < -0.3 is 9.84 Å². The zero-order chi connectivity index (χ0) is 15.5. The number of ether oxygens (including phenoxy) is 1. The highest BCUT2D eigenvalue weighted by molar-refractivity contribution is 5.41. The Morgan fingerprint density at radius 3 is 2.82 bits per heavy atom. The lowest BCUT2D eigenvalue weighted by molar-refractivity contribution is -0.0356. The van der Waals surface area contributed by atoms with Crippen LogP contribution in [0.1, 0.15) is 56.6 Å². The number of aliphatic hydroxyl groups excluding tert-OH is 1. The maximum atomic E-state index is 10.5. The van der Waals surface area contributed by atoms with Crippen molar-refractivity contribution >= 4 is 0 Å². The minimum absolute atomic E-state index is 0.0806. The van der Waals surface area contributed by atoms with Crippen LogP contribution in [0.15, 0.2) is 18.2 Å². The third-order valence-corrected chi connectivity index (χ3v) is 7.23. The lowest BCUT2D eigenvalue weighted by Gasteiger charge is -2.52. The van der Waals surface area contributed by atoms with Crippen molar-refractivity contribution < 1.29 is 9.84 Å². The molecule has 1 aromatic carbocycles. The quantitative estimate of drug-likeness (QED) is 0.844. The van der Waals surface area contributed by atoms with Crippen LogP contribution in [0.2, 0.25) is 0 Å². The molecule has 2 saturated carbocycles. The van der Waals surface area contributed by atoms with Crippen molar-refractivity contribution in [3.8, 4) is 5.75 Å². The molecule has 0 spiro atoms. The molecule has 2 fully saturated rings. The molecule has 3 aliphatic carbocycles. The fourth-order valence-electron chi connectivity index (χ4n) is 6.05. The van der Waals surface area contributed by atoms with Crippen molar-refractivity contribution in [3.05, 3.63) is 29.3 Å².